The van der Waals surface area contributed by atoms with Crippen molar-refractivity contribution in [3.05, 3.63) is 118 Å². The van der Waals surface area contributed by atoms with Crippen LogP contribution in [0.5, 0.6) is 17.2 Å². The SMILES string of the molecule is CCN(C(=O)c1cn(-c2cc(OC)cc(OCCCc3cccnc3)c2)c2cc(OC)ccc2c1=O)c1cc(F)cc(F)c1. The highest BCUT2D eigenvalue weighted by Crippen LogP contribution is 2.30. The number of nitrogens with zero attached hydrogens (tertiary/aromatic N) is 3. The number of ether oxygens (including phenoxy) is 3. The van der Waals surface area contributed by atoms with Crippen molar-refractivity contribution in [2.24, 2.45) is 0 Å². The van der Waals surface area contributed by atoms with Gasteiger partial charge < -0.3 is 23.7 Å². The zero-order chi connectivity index (χ0) is 31.2. The Hall–Kier alpha value is -5.25. The Kier molecular flexibility index (Phi) is 9.18. The lowest BCUT2D eigenvalue weighted by Crippen LogP contribution is -2.35. The highest BCUT2D eigenvalue weighted by atomic mass is 19.1. The average Bonchev–Trinajstić information content (AvgIpc) is 3.03. The third kappa shape index (κ3) is 6.54. The van der Waals surface area contributed by atoms with Crippen molar-refractivity contribution in [3.63, 3.8) is 0 Å². The van der Waals surface area contributed by atoms with Crippen LogP contribution in [0, 0.1) is 11.6 Å². The number of pyridine rings is 2. The van der Waals surface area contributed by atoms with Gasteiger partial charge in [-0.3, -0.25) is 14.6 Å². The molecule has 5 rings (SSSR count). The largest absolute Gasteiger partial charge is 0.497 e. The van der Waals surface area contributed by atoms with E-state index in [1.54, 1.807) is 54.1 Å². The molecule has 3 aromatic carbocycles. The van der Waals surface area contributed by atoms with Crippen molar-refractivity contribution in [1.82, 2.24) is 9.55 Å². The smallest absolute Gasteiger partial charge is 0.263 e. The van der Waals surface area contributed by atoms with Gasteiger partial charge in [-0.2, -0.15) is 0 Å². The Morgan fingerprint density at radius 1 is 0.932 bits per heavy atom. The molecule has 0 saturated heterocycles. The van der Waals surface area contributed by atoms with Gasteiger partial charge in [0.2, 0.25) is 5.43 Å². The van der Waals surface area contributed by atoms with E-state index in [0.29, 0.717) is 35.1 Å². The van der Waals surface area contributed by atoms with Crippen LogP contribution in [0.25, 0.3) is 16.6 Å². The van der Waals surface area contributed by atoms with E-state index < -0.39 is 23.0 Å². The van der Waals surface area contributed by atoms with E-state index in [0.717, 1.165) is 41.5 Å². The average molecular weight is 600 g/mol. The van der Waals surface area contributed by atoms with Crippen molar-refractivity contribution < 1.29 is 27.8 Å². The van der Waals surface area contributed by atoms with Gasteiger partial charge in [0.1, 0.15) is 34.4 Å². The molecule has 44 heavy (non-hydrogen) atoms. The highest BCUT2D eigenvalue weighted by molar-refractivity contribution is 6.07. The number of amides is 1. The lowest BCUT2D eigenvalue weighted by atomic mass is 10.1. The maximum absolute atomic E-state index is 14.1. The van der Waals surface area contributed by atoms with Crippen molar-refractivity contribution in [2.75, 3.05) is 32.3 Å². The van der Waals surface area contributed by atoms with Gasteiger partial charge in [0.05, 0.1) is 32.0 Å². The molecule has 10 heteroatoms. The second-order valence-electron chi connectivity index (χ2n) is 9.98. The highest BCUT2D eigenvalue weighted by Gasteiger charge is 2.23. The molecule has 5 aromatic rings. The quantitative estimate of drug-likeness (QED) is 0.164. The predicted octanol–water partition coefficient (Wildman–Crippen LogP) is 6.36. The monoisotopic (exact) mass is 599 g/mol. The summed E-state index contributed by atoms with van der Waals surface area (Å²) in [6.07, 6.45) is 6.52. The molecule has 0 aliphatic rings. The number of hydrogen-bond donors (Lipinski definition) is 0. The molecule has 0 aliphatic carbocycles. The summed E-state index contributed by atoms with van der Waals surface area (Å²) in [6, 6.07) is 16.9. The number of fused-ring (bicyclic) bond motifs is 1. The molecular formula is C34H31F2N3O5. The zero-order valence-corrected chi connectivity index (χ0v) is 24.6. The number of methoxy groups -OCH3 is 2. The van der Waals surface area contributed by atoms with Gasteiger partial charge in [-0.05, 0) is 55.7 Å². The predicted molar refractivity (Wildman–Crippen MR) is 164 cm³/mol. The summed E-state index contributed by atoms with van der Waals surface area (Å²) >= 11 is 0. The van der Waals surface area contributed by atoms with Crippen LogP contribution in [-0.2, 0) is 6.42 Å². The van der Waals surface area contributed by atoms with E-state index in [4.69, 9.17) is 14.2 Å². The molecule has 0 aliphatic heterocycles. The second-order valence-corrected chi connectivity index (χ2v) is 9.98. The maximum atomic E-state index is 14.1. The Morgan fingerprint density at radius 3 is 2.36 bits per heavy atom. The van der Waals surface area contributed by atoms with Gasteiger partial charge in [-0.25, -0.2) is 8.78 Å². The molecule has 0 radical (unpaired) electrons. The van der Waals surface area contributed by atoms with E-state index in [1.807, 2.05) is 18.3 Å². The maximum Gasteiger partial charge on any atom is 0.263 e. The number of carbonyl (C=O) groups is 1. The van der Waals surface area contributed by atoms with E-state index in [1.165, 1.54) is 20.4 Å². The fraction of sp³-hybridized carbons (Fsp3) is 0.206. The van der Waals surface area contributed by atoms with E-state index in [9.17, 15) is 18.4 Å². The van der Waals surface area contributed by atoms with Crippen LogP contribution < -0.4 is 24.5 Å². The summed E-state index contributed by atoms with van der Waals surface area (Å²) in [7, 11) is 3.05. The van der Waals surface area contributed by atoms with Gasteiger partial charge >= 0.3 is 0 Å². The number of rotatable bonds is 11. The first-order chi connectivity index (χ1) is 21.3. The van der Waals surface area contributed by atoms with E-state index in [2.05, 4.69) is 4.98 Å². The van der Waals surface area contributed by atoms with Gasteiger partial charge in [0, 0.05) is 66.5 Å². The number of aryl methyl sites for hydroxylation is 1. The van der Waals surface area contributed by atoms with Crippen LogP contribution >= 0.6 is 0 Å². The molecule has 8 nitrogen and oxygen atoms in total. The molecule has 0 unspecified atom stereocenters. The van der Waals surface area contributed by atoms with E-state index in [-0.39, 0.29) is 23.2 Å². The number of carbonyl (C=O) groups excluding carboxylic acids is 1. The number of halogens is 2. The molecule has 0 bridgehead atoms. The molecule has 226 valence electrons. The van der Waals surface area contributed by atoms with Crippen LogP contribution in [0.1, 0.15) is 29.3 Å². The second kappa shape index (κ2) is 13.4. The first-order valence-electron chi connectivity index (χ1n) is 14.0. The third-order valence-corrected chi connectivity index (χ3v) is 7.14. The Bertz CT molecular complexity index is 1840. The molecule has 0 saturated carbocycles. The Labute approximate surface area is 253 Å². The Morgan fingerprint density at radius 2 is 1.68 bits per heavy atom. The van der Waals surface area contributed by atoms with Gasteiger partial charge in [0.25, 0.3) is 5.91 Å². The molecule has 0 fully saturated rings. The standard InChI is InChI=1S/C34H31F2N3O5/c1-4-38(25-14-23(35)13-24(36)15-25)34(41)31-21-39(32-19-27(42-2)9-10-30(32)33(31)40)26-16-28(43-3)18-29(17-26)44-12-6-8-22-7-5-11-37-20-22/h5,7,9-11,13-21H,4,6,8,12H2,1-3H3. The van der Waals surface area contributed by atoms with Crippen molar-refractivity contribution >= 4 is 22.5 Å². The summed E-state index contributed by atoms with van der Waals surface area (Å²) < 4.78 is 46.9. The van der Waals surface area contributed by atoms with Gasteiger partial charge in [0.15, 0.2) is 0 Å². The van der Waals surface area contributed by atoms with Crippen LogP contribution in [0.4, 0.5) is 14.5 Å². The minimum atomic E-state index is -0.835. The minimum absolute atomic E-state index is 0.000807. The van der Waals surface area contributed by atoms with Crippen molar-refractivity contribution in [1.29, 1.82) is 0 Å². The van der Waals surface area contributed by atoms with Gasteiger partial charge in [-0.15, -0.1) is 0 Å². The van der Waals surface area contributed by atoms with Crippen molar-refractivity contribution in [3.8, 4) is 22.9 Å². The summed E-state index contributed by atoms with van der Waals surface area (Å²) in [4.78, 5) is 32.9. The number of hydrogen-bond acceptors (Lipinski definition) is 6. The summed E-state index contributed by atoms with van der Waals surface area (Å²) in [5.41, 5.74) is 1.42. The lowest BCUT2D eigenvalue weighted by Gasteiger charge is -2.22. The van der Waals surface area contributed by atoms with Crippen LogP contribution in [0.2, 0.25) is 0 Å². The summed E-state index contributed by atoms with van der Waals surface area (Å²) in [5.74, 6) is -0.845. The fourth-order valence-electron chi connectivity index (χ4n) is 4.99. The molecule has 0 atom stereocenters. The molecule has 0 N–H and O–H groups in total. The van der Waals surface area contributed by atoms with Crippen LogP contribution in [0.15, 0.2) is 90.1 Å². The van der Waals surface area contributed by atoms with Crippen LogP contribution in [0.3, 0.4) is 0 Å². The molecule has 2 aromatic heterocycles. The molecular weight excluding hydrogens is 568 g/mol. The van der Waals surface area contributed by atoms with Gasteiger partial charge in [-0.1, -0.05) is 6.07 Å². The van der Waals surface area contributed by atoms with E-state index >= 15 is 0 Å². The number of anilines is 1. The lowest BCUT2D eigenvalue weighted by molar-refractivity contribution is 0.0987. The van der Waals surface area contributed by atoms with Crippen LogP contribution in [-0.4, -0.2) is 42.8 Å². The molecule has 0 spiro atoms. The first-order valence-corrected chi connectivity index (χ1v) is 14.0. The third-order valence-electron chi connectivity index (χ3n) is 7.14. The number of aromatic nitrogens is 2. The normalized spacial score (nSPS) is 10.9. The zero-order valence-electron chi connectivity index (χ0n) is 24.6. The van der Waals surface area contributed by atoms with Crippen molar-refractivity contribution in [2.45, 2.75) is 19.8 Å². The topological polar surface area (TPSA) is 82.9 Å². The number of benzene rings is 3. The molecule has 1 amide bonds. The summed E-state index contributed by atoms with van der Waals surface area (Å²) in [6.45, 7) is 2.16. The fourth-order valence-corrected chi connectivity index (χ4v) is 4.99. The Balaban J connectivity index is 1.57. The molecule has 2 heterocycles. The summed E-state index contributed by atoms with van der Waals surface area (Å²) in [5, 5.41) is 0.250. The first kappa shape index (κ1) is 30.2. The minimum Gasteiger partial charge on any atom is -0.497 e.